The van der Waals surface area contributed by atoms with Crippen LogP contribution in [0.15, 0.2) is 36.5 Å². The molecule has 2 saturated carbocycles. The van der Waals surface area contributed by atoms with Crippen molar-refractivity contribution in [3.05, 3.63) is 52.7 Å². The predicted molar refractivity (Wildman–Crippen MR) is 140 cm³/mol. The van der Waals surface area contributed by atoms with E-state index in [0.717, 1.165) is 66.3 Å². The molecule has 2 fully saturated rings. The molecule has 0 bridgehead atoms. The van der Waals surface area contributed by atoms with Gasteiger partial charge in [-0.05, 0) is 68.2 Å². The number of alkyl halides is 2. The molecule has 37 heavy (non-hydrogen) atoms. The van der Waals surface area contributed by atoms with E-state index in [1.54, 1.807) is 6.20 Å². The highest BCUT2D eigenvalue weighted by molar-refractivity contribution is 7.13. The minimum atomic E-state index is -2.48. The summed E-state index contributed by atoms with van der Waals surface area (Å²) in [5, 5.41) is 4.52. The van der Waals surface area contributed by atoms with Crippen molar-refractivity contribution in [2.45, 2.75) is 44.7 Å². The Morgan fingerprint density at radius 2 is 2.03 bits per heavy atom. The van der Waals surface area contributed by atoms with E-state index in [9.17, 15) is 13.6 Å². The number of halogens is 2. The fourth-order valence-electron chi connectivity index (χ4n) is 6.03. The molecule has 0 radical (unpaired) electrons. The third kappa shape index (κ3) is 5.60. The van der Waals surface area contributed by atoms with E-state index in [-0.39, 0.29) is 11.9 Å². The van der Waals surface area contributed by atoms with E-state index in [0.29, 0.717) is 22.6 Å². The maximum Gasteiger partial charge on any atom is 0.273 e. The number of hydrogen-bond donors (Lipinski definition) is 1. The summed E-state index contributed by atoms with van der Waals surface area (Å²) in [5.74, 6) is 2.16. The van der Waals surface area contributed by atoms with Crippen molar-refractivity contribution >= 4 is 28.1 Å². The minimum Gasteiger partial charge on any atom is -0.464 e. The van der Waals surface area contributed by atoms with Crippen LogP contribution in [0.4, 0.5) is 8.78 Å². The molecule has 3 heterocycles. The summed E-state index contributed by atoms with van der Waals surface area (Å²) < 4.78 is 29.9. The number of amides is 1. The molecule has 0 saturated heterocycles. The first kappa shape index (κ1) is 25.6. The lowest BCUT2D eigenvalue weighted by molar-refractivity contribution is 0.0815. The fraction of sp³-hybridized carbons (Fsp3) is 0.464. The summed E-state index contributed by atoms with van der Waals surface area (Å²) in [4.78, 5) is 25.3. The minimum absolute atomic E-state index is 0.00395. The maximum atomic E-state index is 12.9. The zero-order chi connectivity index (χ0) is 25.9. The van der Waals surface area contributed by atoms with Crippen molar-refractivity contribution in [3.8, 4) is 18.0 Å². The van der Waals surface area contributed by atoms with E-state index in [1.807, 2.05) is 30.3 Å². The average molecular weight is 525 g/mol. The second-order valence-corrected chi connectivity index (χ2v) is 10.9. The van der Waals surface area contributed by atoms with Crippen LogP contribution in [0.25, 0.3) is 10.9 Å². The quantitative estimate of drug-likeness (QED) is 0.430. The van der Waals surface area contributed by atoms with Gasteiger partial charge in [-0.2, -0.15) is 0 Å². The summed E-state index contributed by atoms with van der Waals surface area (Å²) in [6, 6.07) is 9.76. The lowest BCUT2D eigenvalue weighted by Crippen LogP contribution is -2.34. The van der Waals surface area contributed by atoms with Gasteiger partial charge in [-0.25, -0.2) is 13.8 Å². The number of carbonyl (C=O) groups is 1. The number of nitrogens with one attached hydrogen (secondary N) is 1. The SMILES string of the molecule is C#C.O=C(NC1CC2C(CCN3CCc4sc(OCC(F)F)nc4C3)[C@@H]2C1)c1cccc2ncccc12. The number of rotatable bonds is 8. The number of terminal acetylenes is 1. The summed E-state index contributed by atoms with van der Waals surface area (Å²) in [7, 11) is 0. The van der Waals surface area contributed by atoms with Crippen molar-refractivity contribution in [2.24, 2.45) is 17.8 Å². The molecule has 1 aliphatic heterocycles. The number of aromatic nitrogens is 2. The van der Waals surface area contributed by atoms with Gasteiger partial charge in [0.15, 0.2) is 6.61 Å². The number of carbonyl (C=O) groups excluding carboxylic acids is 1. The Kier molecular flexibility index (Phi) is 7.68. The smallest absolute Gasteiger partial charge is 0.273 e. The Morgan fingerprint density at radius 1 is 1.22 bits per heavy atom. The molecule has 3 unspecified atom stereocenters. The van der Waals surface area contributed by atoms with Crippen LogP contribution in [0, 0.1) is 30.6 Å². The van der Waals surface area contributed by atoms with Crippen LogP contribution in [0.5, 0.6) is 5.19 Å². The van der Waals surface area contributed by atoms with Crippen LogP contribution in [0.3, 0.4) is 0 Å². The van der Waals surface area contributed by atoms with Crippen molar-refractivity contribution in [1.82, 2.24) is 20.2 Å². The summed E-state index contributed by atoms with van der Waals surface area (Å²) in [5.41, 5.74) is 2.52. The second-order valence-electron chi connectivity index (χ2n) is 9.88. The third-order valence-corrected chi connectivity index (χ3v) is 8.82. The van der Waals surface area contributed by atoms with Crippen LogP contribution < -0.4 is 10.1 Å². The first-order valence-electron chi connectivity index (χ1n) is 12.6. The van der Waals surface area contributed by atoms with Crippen LogP contribution in [0.1, 0.15) is 40.2 Å². The Morgan fingerprint density at radius 3 is 2.81 bits per heavy atom. The Hall–Kier alpha value is -3.09. The van der Waals surface area contributed by atoms with Crippen LogP contribution in [-0.2, 0) is 13.0 Å². The molecule has 1 N–H and O–H groups in total. The van der Waals surface area contributed by atoms with Crippen LogP contribution in [-0.4, -0.2) is 52.9 Å². The van der Waals surface area contributed by atoms with E-state index < -0.39 is 13.0 Å². The summed E-state index contributed by atoms with van der Waals surface area (Å²) in [6.45, 7) is 2.18. The molecule has 9 heteroatoms. The van der Waals surface area contributed by atoms with Crippen LogP contribution >= 0.6 is 11.3 Å². The first-order valence-corrected chi connectivity index (χ1v) is 13.5. The molecule has 2 aliphatic carbocycles. The Labute approximate surface area is 219 Å². The standard InChI is InChI=1S/C26H28F2N4O2S.C2H2/c27-24(28)14-34-26-31-22-13-32(10-7-23(22)35-26)9-6-16-19-11-15(12-20(16)19)30-25(33)18-3-1-5-21-17(18)4-2-8-29-21;1-2/h1-5,8,15-16,19-20,24H,6-7,9-14H2,(H,30,33);1-2H/t15?,16?,19-,20?;/m0./s1. The van der Waals surface area contributed by atoms with Gasteiger partial charge < -0.3 is 10.1 Å². The zero-order valence-corrected chi connectivity index (χ0v) is 21.3. The van der Waals surface area contributed by atoms with Crippen LogP contribution in [0.2, 0.25) is 0 Å². The fourth-order valence-corrected chi connectivity index (χ4v) is 6.95. The van der Waals surface area contributed by atoms with Gasteiger partial charge in [-0.15, -0.1) is 12.8 Å². The van der Waals surface area contributed by atoms with Gasteiger partial charge in [0.1, 0.15) is 0 Å². The van der Waals surface area contributed by atoms with E-state index in [1.165, 1.54) is 17.8 Å². The number of thiazole rings is 1. The number of benzene rings is 1. The largest absolute Gasteiger partial charge is 0.464 e. The molecule has 3 aliphatic rings. The predicted octanol–water partition coefficient (Wildman–Crippen LogP) is 4.79. The molecule has 0 spiro atoms. The molecule has 1 amide bonds. The van der Waals surface area contributed by atoms with Gasteiger partial charge in [0.2, 0.25) is 0 Å². The molecule has 3 aromatic rings. The summed E-state index contributed by atoms with van der Waals surface area (Å²) in [6.07, 6.45) is 11.5. The zero-order valence-electron chi connectivity index (χ0n) is 20.5. The Balaban J connectivity index is 0.00000137. The average Bonchev–Trinajstić information content (AvgIpc) is 3.21. The lowest BCUT2D eigenvalue weighted by atomic mass is 10.0. The second kappa shape index (κ2) is 11.1. The molecule has 6 nitrogen and oxygen atoms in total. The number of ether oxygens (including phenoxy) is 1. The van der Waals surface area contributed by atoms with Crippen molar-refractivity contribution in [2.75, 3.05) is 19.7 Å². The monoisotopic (exact) mass is 524 g/mol. The Bertz CT molecular complexity index is 1260. The molecular weight excluding hydrogens is 494 g/mol. The van der Waals surface area contributed by atoms with Gasteiger partial charge in [-0.3, -0.25) is 14.7 Å². The van der Waals surface area contributed by atoms with Crippen molar-refractivity contribution in [3.63, 3.8) is 0 Å². The number of hydrogen-bond acceptors (Lipinski definition) is 6. The molecule has 194 valence electrons. The van der Waals surface area contributed by atoms with E-state index in [4.69, 9.17) is 4.74 Å². The van der Waals surface area contributed by atoms with Gasteiger partial charge in [0.05, 0.1) is 11.2 Å². The molecule has 2 aromatic heterocycles. The van der Waals surface area contributed by atoms with Crippen molar-refractivity contribution in [1.29, 1.82) is 0 Å². The van der Waals surface area contributed by atoms with E-state index >= 15 is 0 Å². The lowest BCUT2D eigenvalue weighted by Gasteiger charge is -2.26. The highest BCUT2D eigenvalue weighted by Crippen LogP contribution is 2.59. The number of fused-ring (bicyclic) bond motifs is 3. The highest BCUT2D eigenvalue weighted by atomic mass is 32.1. The van der Waals surface area contributed by atoms with Gasteiger partial charge in [0.25, 0.3) is 17.5 Å². The van der Waals surface area contributed by atoms with Gasteiger partial charge >= 0.3 is 0 Å². The van der Waals surface area contributed by atoms with E-state index in [2.05, 4.69) is 33.0 Å². The maximum absolute atomic E-state index is 12.9. The van der Waals surface area contributed by atoms with Gasteiger partial charge in [-0.1, -0.05) is 23.5 Å². The number of pyridine rings is 1. The topological polar surface area (TPSA) is 67.4 Å². The van der Waals surface area contributed by atoms with Gasteiger partial charge in [0, 0.05) is 41.2 Å². The normalized spacial score (nSPS) is 24.1. The number of nitrogens with zero attached hydrogens (tertiary/aromatic N) is 3. The molecule has 4 atom stereocenters. The molecule has 6 rings (SSSR count). The first-order chi connectivity index (χ1) is 18.0. The molecular formula is C28H30F2N4O2S. The summed E-state index contributed by atoms with van der Waals surface area (Å²) >= 11 is 1.40. The third-order valence-electron chi connectivity index (χ3n) is 7.75. The molecule has 1 aromatic carbocycles. The van der Waals surface area contributed by atoms with Crippen molar-refractivity contribution < 1.29 is 18.3 Å². The highest BCUT2D eigenvalue weighted by Gasteiger charge is 2.55.